The third-order valence-corrected chi connectivity index (χ3v) is 4.74. The Morgan fingerprint density at radius 1 is 1.33 bits per heavy atom. The van der Waals surface area contributed by atoms with Gasteiger partial charge < -0.3 is 14.4 Å². The van der Waals surface area contributed by atoms with Crippen LogP contribution in [0.25, 0.3) is 11.0 Å². The van der Waals surface area contributed by atoms with Crippen LogP contribution in [0, 0.1) is 0 Å². The Labute approximate surface area is 139 Å². The predicted octanol–water partition coefficient (Wildman–Crippen LogP) is 2.82. The zero-order valence-electron chi connectivity index (χ0n) is 13.4. The number of hydrogen-bond donors (Lipinski definition) is 2. The standard InChI is InChI=1S/C17H21N5O2/c23-14(15-6-4-8-24-15)9-12-5-2-1-3-7-22(12)17-13-10-20-21-16(13)18-11-19-17/h4,6,8,10-12,14,23H,1-3,5,7,9H2,(H,18,19,20,21)/t12-,14+/m0/s1. The van der Waals surface area contributed by atoms with Crippen LogP contribution in [0.4, 0.5) is 5.82 Å². The fourth-order valence-electron chi connectivity index (χ4n) is 3.54. The van der Waals surface area contributed by atoms with E-state index in [9.17, 15) is 5.11 Å². The SMILES string of the molecule is O[C@H](C[C@@H]1CCCCCN1c1ncnc2[nH]ncc12)c1ccco1. The summed E-state index contributed by atoms with van der Waals surface area (Å²) in [4.78, 5) is 11.0. The Hall–Kier alpha value is -2.41. The van der Waals surface area contributed by atoms with E-state index >= 15 is 0 Å². The summed E-state index contributed by atoms with van der Waals surface area (Å²) in [6.07, 6.45) is 9.47. The maximum atomic E-state index is 10.5. The molecule has 0 radical (unpaired) electrons. The highest BCUT2D eigenvalue weighted by atomic mass is 16.4. The number of fused-ring (bicyclic) bond motifs is 1. The van der Waals surface area contributed by atoms with Gasteiger partial charge in [-0.2, -0.15) is 5.10 Å². The van der Waals surface area contributed by atoms with Crippen molar-refractivity contribution in [3.8, 4) is 0 Å². The van der Waals surface area contributed by atoms with Crippen LogP contribution in [0.1, 0.15) is 44.0 Å². The van der Waals surface area contributed by atoms with E-state index in [4.69, 9.17) is 4.42 Å². The topological polar surface area (TPSA) is 91.1 Å². The summed E-state index contributed by atoms with van der Waals surface area (Å²) < 4.78 is 5.36. The van der Waals surface area contributed by atoms with Gasteiger partial charge in [0, 0.05) is 19.0 Å². The Bertz CT molecular complexity index is 785. The van der Waals surface area contributed by atoms with E-state index in [0.717, 1.165) is 42.7 Å². The summed E-state index contributed by atoms with van der Waals surface area (Å²) in [5.74, 6) is 1.52. The van der Waals surface area contributed by atoms with Gasteiger partial charge in [0.15, 0.2) is 5.65 Å². The third kappa shape index (κ3) is 2.87. The van der Waals surface area contributed by atoms with Crippen LogP contribution in [0.5, 0.6) is 0 Å². The molecular formula is C17H21N5O2. The number of aromatic nitrogens is 4. The zero-order valence-corrected chi connectivity index (χ0v) is 13.4. The number of furan rings is 1. The summed E-state index contributed by atoms with van der Waals surface area (Å²) in [6, 6.07) is 3.84. The van der Waals surface area contributed by atoms with Gasteiger partial charge in [-0.15, -0.1) is 0 Å². The van der Waals surface area contributed by atoms with Crippen molar-refractivity contribution in [3.05, 3.63) is 36.7 Å². The smallest absolute Gasteiger partial charge is 0.160 e. The number of H-pyrrole nitrogens is 1. The molecule has 1 aliphatic rings. The number of rotatable bonds is 4. The molecule has 4 heterocycles. The molecule has 1 saturated heterocycles. The number of nitrogens with zero attached hydrogens (tertiary/aromatic N) is 4. The molecule has 7 heteroatoms. The number of anilines is 1. The van der Waals surface area contributed by atoms with Gasteiger partial charge >= 0.3 is 0 Å². The van der Waals surface area contributed by atoms with Crippen molar-refractivity contribution >= 4 is 16.9 Å². The maximum absolute atomic E-state index is 10.5. The monoisotopic (exact) mass is 327 g/mol. The van der Waals surface area contributed by atoms with Crippen molar-refractivity contribution in [2.75, 3.05) is 11.4 Å². The lowest BCUT2D eigenvalue weighted by Gasteiger charge is -2.32. The highest BCUT2D eigenvalue weighted by Crippen LogP contribution is 2.32. The second-order valence-corrected chi connectivity index (χ2v) is 6.29. The molecule has 0 amide bonds. The highest BCUT2D eigenvalue weighted by Gasteiger charge is 2.27. The fraction of sp³-hybridized carbons (Fsp3) is 0.471. The molecule has 3 aromatic heterocycles. The molecule has 7 nitrogen and oxygen atoms in total. The van der Waals surface area contributed by atoms with Gasteiger partial charge in [-0.05, 0) is 25.0 Å². The first-order chi connectivity index (χ1) is 11.8. The normalized spacial score (nSPS) is 20.2. The molecule has 0 spiro atoms. The van der Waals surface area contributed by atoms with E-state index in [2.05, 4.69) is 25.1 Å². The number of aliphatic hydroxyl groups excluding tert-OH is 1. The van der Waals surface area contributed by atoms with Crippen molar-refractivity contribution in [3.63, 3.8) is 0 Å². The average Bonchev–Trinajstić information content (AvgIpc) is 3.24. The Morgan fingerprint density at radius 2 is 2.29 bits per heavy atom. The first kappa shape index (κ1) is 15.1. The van der Waals surface area contributed by atoms with E-state index in [-0.39, 0.29) is 6.04 Å². The number of aromatic amines is 1. The van der Waals surface area contributed by atoms with Gasteiger partial charge in [0.1, 0.15) is 24.0 Å². The van der Waals surface area contributed by atoms with Crippen molar-refractivity contribution in [2.24, 2.45) is 0 Å². The lowest BCUT2D eigenvalue weighted by Crippen LogP contribution is -2.36. The van der Waals surface area contributed by atoms with E-state index in [1.807, 2.05) is 12.1 Å². The second-order valence-electron chi connectivity index (χ2n) is 6.29. The average molecular weight is 327 g/mol. The minimum Gasteiger partial charge on any atom is -0.467 e. The molecule has 0 unspecified atom stereocenters. The molecule has 0 saturated carbocycles. The first-order valence-electron chi connectivity index (χ1n) is 8.45. The van der Waals surface area contributed by atoms with Gasteiger partial charge in [-0.1, -0.05) is 12.8 Å². The summed E-state index contributed by atoms with van der Waals surface area (Å²) >= 11 is 0. The largest absolute Gasteiger partial charge is 0.467 e. The summed E-state index contributed by atoms with van der Waals surface area (Å²) in [7, 11) is 0. The molecule has 2 atom stereocenters. The van der Waals surface area contributed by atoms with Crippen LogP contribution >= 0.6 is 0 Å². The third-order valence-electron chi connectivity index (χ3n) is 4.74. The lowest BCUT2D eigenvalue weighted by molar-refractivity contribution is 0.129. The molecule has 0 bridgehead atoms. The van der Waals surface area contributed by atoms with Crippen molar-refractivity contribution in [1.29, 1.82) is 0 Å². The Balaban J connectivity index is 1.64. The van der Waals surface area contributed by atoms with Crippen LogP contribution in [-0.4, -0.2) is 37.9 Å². The first-order valence-corrected chi connectivity index (χ1v) is 8.45. The molecule has 1 fully saturated rings. The number of hydrogen-bond acceptors (Lipinski definition) is 6. The van der Waals surface area contributed by atoms with Gasteiger partial charge in [-0.3, -0.25) is 5.10 Å². The molecule has 2 N–H and O–H groups in total. The highest BCUT2D eigenvalue weighted by molar-refractivity contribution is 5.86. The van der Waals surface area contributed by atoms with Crippen molar-refractivity contribution in [2.45, 2.75) is 44.2 Å². The molecule has 24 heavy (non-hydrogen) atoms. The van der Waals surface area contributed by atoms with Gasteiger partial charge in [0.25, 0.3) is 0 Å². The summed E-state index contributed by atoms with van der Waals surface area (Å²) in [5.41, 5.74) is 0.745. The Kier molecular flexibility index (Phi) is 4.17. The van der Waals surface area contributed by atoms with Crippen LogP contribution in [0.3, 0.4) is 0 Å². The quantitative estimate of drug-likeness (QED) is 0.765. The van der Waals surface area contributed by atoms with E-state index in [0.29, 0.717) is 12.2 Å². The Morgan fingerprint density at radius 3 is 3.17 bits per heavy atom. The minimum absolute atomic E-state index is 0.209. The molecule has 3 aromatic rings. The van der Waals surface area contributed by atoms with Crippen molar-refractivity contribution in [1.82, 2.24) is 20.2 Å². The van der Waals surface area contributed by atoms with E-state index < -0.39 is 6.10 Å². The predicted molar refractivity (Wildman–Crippen MR) is 89.6 cm³/mol. The van der Waals surface area contributed by atoms with Crippen LogP contribution in [0.15, 0.2) is 35.3 Å². The van der Waals surface area contributed by atoms with Gasteiger partial charge in [-0.25, -0.2) is 9.97 Å². The second kappa shape index (κ2) is 6.60. The van der Waals surface area contributed by atoms with Gasteiger partial charge in [0.2, 0.25) is 0 Å². The molecule has 1 aliphatic heterocycles. The molecule has 126 valence electrons. The van der Waals surface area contributed by atoms with Crippen LogP contribution < -0.4 is 4.90 Å². The number of nitrogens with one attached hydrogen (secondary N) is 1. The fourth-order valence-corrected chi connectivity index (χ4v) is 3.54. The molecule has 0 aromatic carbocycles. The zero-order chi connectivity index (χ0) is 16.4. The maximum Gasteiger partial charge on any atom is 0.160 e. The van der Waals surface area contributed by atoms with E-state index in [1.165, 1.54) is 6.42 Å². The van der Waals surface area contributed by atoms with Crippen molar-refractivity contribution < 1.29 is 9.52 Å². The van der Waals surface area contributed by atoms with E-state index in [1.54, 1.807) is 18.8 Å². The molecule has 0 aliphatic carbocycles. The minimum atomic E-state index is -0.604. The number of aliphatic hydroxyl groups is 1. The van der Waals surface area contributed by atoms with Gasteiger partial charge in [0.05, 0.1) is 17.8 Å². The molecular weight excluding hydrogens is 306 g/mol. The lowest BCUT2D eigenvalue weighted by atomic mass is 10.0. The molecule has 4 rings (SSSR count). The summed E-state index contributed by atoms with van der Waals surface area (Å²) in [6.45, 7) is 0.923. The van der Waals surface area contributed by atoms with Crippen LogP contribution in [0.2, 0.25) is 0 Å². The summed E-state index contributed by atoms with van der Waals surface area (Å²) in [5, 5.41) is 18.4. The van der Waals surface area contributed by atoms with Crippen LogP contribution in [-0.2, 0) is 0 Å².